The van der Waals surface area contributed by atoms with Gasteiger partial charge in [-0.2, -0.15) is 0 Å². The number of likely N-dealkylation sites (tertiary alicyclic amines) is 1. The van der Waals surface area contributed by atoms with Gasteiger partial charge in [0.25, 0.3) is 5.91 Å². The first kappa shape index (κ1) is 19.0. The summed E-state index contributed by atoms with van der Waals surface area (Å²) in [6.45, 7) is 8.10. The third-order valence-electron chi connectivity index (χ3n) is 4.63. The Kier molecular flexibility index (Phi) is 7.34. The number of carbonyl (C=O) groups excluding carboxylic acids is 1. The van der Waals surface area contributed by atoms with Gasteiger partial charge in [-0.15, -0.1) is 12.4 Å². The zero-order chi connectivity index (χ0) is 16.1. The van der Waals surface area contributed by atoms with Gasteiger partial charge in [-0.25, -0.2) is 0 Å². The number of rotatable bonds is 5. The highest BCUT2D eigenvalue weighted by Crippen LogP contribution is 2.21. The highest BCUT2D eigenvalue weighted by molar-refractivity contribution is 5.85. The van der Waals surface area contributed by atoms with E-state index >= 15 is 0 Å². The average Bonchev–Trinajstić information content (AvgIpc) is 3.08. The summed E-state index contributed by atoms with van der Waals surface area (Å²) in [5.41, 5.74) is 1.16. The number of hydrogen-bond donors (Lipinski definition) is 1. The second-order valence-electron chi connectivity index (χ2n) is 6.57. The van der Waals surface area contributed by atoms with Crippen LogP contribution in [0, 0.1) is 0 Å². The van der Waals surface area contributed by atoms with Crippen LogP contribution in [0.4, 0.5) is 0 Å². The fraction of sp³-hybridized carbons (Fsp3) is 0.611. The predicted octanol–water partition coefficient (Wildman–Crippen LogP) is 1.90. The molecule has 0 unspecified atom stereocenters. The number of hydrogen-bond acceptors (Lipinski definition) is 4. The molecule has 0 aliphatic carbocycles. The molecule has 1 aromatic carbocycles. The van der Waals surface area contributed by atoms with Crippen LogP contribution in [-0.4, -0.2) is 61.1 Å². The molecule has 6 heteroatoms. The summed E-state index contributed by atoms with van der Waals surface area (Å²) in [7, 11) is 0. The van der Waals surface area contributed by atoms with E-state index in [-0.39, 0.29) is 24.9 Å². The van der Waals surface area contributed by atoms with E-state index in [2.05, 4.69) is 23.2 Å². The minimum Gasteiger partial charge on any atom is -0.483 e. The quantitative estimate of drug-likeness (QED) is 0.878. The van der Waals surface area contributed by atoms with Gasteiger partial charge in [-0.3, -0.25) is 9.69 Å². The van der Waals surface area contributed by atoms with Crippen molar-refractivity contribution < 1.29 is 9.53 Å². The first-order valence-corrected chi connectivity index (χ1v) is 8.66. The van der Waals surface area contributed by atoms with E-state index in [1.165, 1.54) is 0 Å². The van der Waals surface area contributed by atoms with E-state index in [0.717, 1.165) is 63.4 Å². The van der Waals surface area contributed by atoms with E-state index in [1.54, 1.807) is 0 Å². The molecular formula is C18H28ClN3O2. The van der Waals surface area contributed by atoms with Gasteiger partial charge in [-0.1, -0.05) is 18.2 Å². The molecule has 3 rings (SSSR count). The van der Waals surface area contributed by atoms with Crippen LogP contribution in [0.5, 0.6) is 5.75 Å². The Morgan fingerprint density at radius 1 is 1.25 bits per heavy atom. The highest BCUT2D eigenvalue weighted by atomic mass is 35.5. The van der Waals surface area contributed by atoms with Crippen molar-refractivity contribution in [2.75, 3.05) is 39.3 Å². The molecule has 24 heavy (non-hydrogen) atoms. The Balaban J connectivity index is 0.00000208. The molecule has 1 amide bonds. The van der Waals surface area contributed by atoms with Gasteiger partial charge >= 0.3 is 0 Å². The number of para-hydroxylation sites is 1. The summed E-state index contributed by atoms with van der Waals surface area (Å²) in [6, 6.07) is 8.60. The Bertz CT molecular complexity index is 535. The van der Waals surface area contributed by atoms with Crippen molar-refractivity contribution in [3.63, 3.8) is 0 Å². The van der Waals surface area contributed by atoms with Crippen LogP contribution >= 0.6 is 12.4 Å². The SMILES string of the molecule is C[C@H]1CN(Cc2ccccc2OCC(=O)N2CCCC2)CCN1.Cl. The maximum atomic E-state index is 12.1. The summed E-state index contributed by atoms with van der Waals surface area (Å²) < 4.78 is 5.85. The van der Waals surface area contributed by atoms with Gasteiger partial charge in [0.15, 0.2) is 6.61 Å². The predicted molar refractivity (Wildman–Crippen MR) is 97.7 cm³/mol. The van der Waals surface area contributed by atoms with Gasteiger partial charge in [0.05, 0.1) is 0 Å². The van der Waals surface area contributed by atoms with Crippen molar-refractivity contribution in [2.45, 2.75) is 32.4 Å². The van der Waals surface area contributed by atoms with Crippen molar-refractivity contribution in [1.29, 1.82) is 0 Å². The lowest BCUT2D eigenvalue weighted by molar-refractivity contribution is -0.132. The van der Waals surface area contributed by atoms with Crippen LogP contribution in [0.1, 0.15) is 25.3 Å². The molecular weight excluding hydrogens is 326 g/mol. The topological polar surface area (TPSA) is 44.8 Å². The Labute approximate surface area is 150 Å². The minimum atomic E-state index is 0. The van der Waals surface area contributed by atoms with Crippen LogP contribution in [0.2, 0.25) is 0 Å². The maximum Gasteiger partial charge on any atom is 0.260 e. The van der Waals surface area contributed by atoms with E-state index in [1.807, 2.05) is 23.1 Å². The molecule has 0 radical (unpaired) electrons. The molecule has 134 valence electrons. The second kappa shape index (κ2) is 9.25. The van der Waals surface area contributed by atoms with Gasteiger partial charge in [0, 0.05) is 50.9 Å². The van der Waals surface area contributed by atoms with Crippen molar-refractivity contribution in [3.8, 4) is 5.75 Å². The minimum absolute atomic E-state index is 0. The van der Waals surface area contributed by atoms with E-state index in [0.29, 0.717) is 6.04 Å². The summed E-state index contributed by atoms with van der Waals surface area (Å²) in [4.78, 5) is 16.5. The average molecular weight is 354 g/mol. The molecule has 1 N–H and O–H groups in total. The Morgan fingerprint density at radius 3 is 2.75 bits per heavy atom. The zero-order valence-electron chi connectivity index (χ0n) is 14.4. The molecule has 2 aliphatic rings. The summed E-state index contributed by atoms with van der Waals surface area (Å²) in [6.07, 6.45) is 2.23. The van der Waals surface area contributed by atoms with E-state index < -0.39 is 0 Å². The number of nitrogens with one attached hydrogen (secondary N) is 1. The second-order valence-corrected chi connectivity index (χ2v) is 6.57. The van der Waals surface area contributed by atoms with E-state index in [9.17, 15) is 4.79 Å². The first-order chi connectivity index (χ1) is 11.2. The molecule has 0 spiro atoms. The Hall–Kier alpha value is -1.30. The van der Waals surface area contributed by atoms with Crippen molar-refractivity contribution >= 4 is 18.3 Å². The molecule has 1 atom stereocenters. The van der Waals surface area contributed by atoms with Gasteiger partial charge in [-0.05, 0) is 25.8 Å². The fourth-order valence-electron chi connectivity index (χ4n) is 3.37. The third kappa shape index (κ3) is 5.10. The number of halogens is 1. The summed E-state index contributed by atoms with van der Waals surface area (Å²) >= 11 is 0. The maximum absolute atomic E-state index is 12.1. The van der Waals surface area contributed by atoms with Crippen LogP contribution in [0.25, 0.3) is 0 Å². The molecule has 1 aromatic rings. The number of piperazine rings is 1. The monoisotopic (exact) mass is 353 g/mol. The summed E-state index contributed by atoms with van der Waals surface area (Å²) in [5, 5.41) is 3.46. The standard InChI is InChI=1S/C18H27N3O2.ClH/c1-15-12-20(11-8-19-15)13-16-6-2-3-7-17(16)23-14-18(22)21-9-4-5-10-21;/h2-3,6-7,15,19H,4-5,8-14H2,1H3;1H/t15-;/m0./s1. The number of benzene rings is 1. The van der Waals surface area contributed by atoms with Crippen LogP contribution in [0.3, 0.4) is 0 Å². The molecule has 2 saturated heterocycles. The molecule has 0 bridgehead atoms. The molecule has 5 nitrogen and oxygen atoms in total. The normalized spacial score (nSPS) is 21.4. The number of amides is 1. The lowest BCUT2D eigenvalue weighted by Crippen LogP contribution is -2.48. The molecule has 0 aromatic heterocycles. The first-order valence-electron chi connectivity index (χ1n) is 8.66. The number of nitrogens with zero attached hydrogens (tertiary/aromatic N) is 2. The smallest absolute Gasteiger partial charge is 0.260 e. The van der Waals surface area contributed by atoms with Crippen molar-refractivity contribution in [2.24, 2.45) is 0 Å². The zero-order valence-corrected chi connectivity index (χ0v) is 15.2. The largest absolute Gasteiger partial charge is 0.483 e. The number of carbonyl (C=O) groups is 1. The van der Waals surface area contributed by atoms with Crippen LogP contribution in [-0.2, 0) is 11.3 Å². The van der Waals surface area contributed by atoms with Gasteiger partial charge in [0.2, 0.25) is 0 Å². The lowest BCUT2D eigenvalue weighted by atomic mass is 10.1. The van der Waals surface area contributed by atoms with Gasteiger partial charge < -0.3 is 15.0 Å². The molecule has 0 saturated carbocycles. The number of ether oxygens (including phenoxy) is 1. The fourth-order valence-corrected chi connectivity index (χ4v) is 3.37. The molecule has 2 fully saturated rings. The molecule has 2 aliphatic heterocycles. The van der Waals surface area contributed by atoms with Crippen molar-refractivity contribution in [1.82, 2.24) is 15.1 Å². The van der Waals surface area contributed by atoms with Gasteiger partial charge in [0.1, 0.15) is 5.75 Å². The lowest BCUT2D eigenvalue weighted by Gasteiger charge is -2.32. The van der Waals surface area contributed by atoms with Crippen LogP contribution in [0.15, 0.2) is 24.3 Å². The van der Waals surface area contributed by atoms with E-state index in [4.69, 9.17) is 4.74 Å². The third-order valence-corrected chi connectivity index (χ3v) is 4.63. The highest BCUT2D eigenvalue weighted by Gasteiger charge is 2.20. The van der Waals surface area contributed by atoms with Crippen molar-refractivity contribution in [3.05, 3.63) is 29.8 Å². The summed E-state index contributed by atoms with van der Waals surface area (Å²) in [5.74, 6) is 0.944. The Morgan fingerprint density at radius 2 is 2.00 bits per heavy atom. The molecule has 2 heterocycles. The van der Waals surface area contributed by atoms with Crippen LogP contribution < -0.4 is 10.1 Å².